The molecule has 3 heterocycles. The summed E-state index contributed by atoms with van der Waals surface area (Å²) in [6.45, 7) is 12.1. The molecular weight excluding hydrogens is 861 g/mol. The minimum Gasteiger partial charge on any atom is -0.497 e. The number of nitrogens with one attached hydrogen (secondary N) is 5. The number of hydrogen-bond donors (Lipinski definition) is 5. The maximum absolute atomic E-state index is 13.5. The van der Waals surface area contributed by atoms with Crippen LogP contribution in [0.15, 0.2) is 79.1 Å². The first-order valence-electron chi connectivity index (χ1n) is 22.0. The second kappa shape index (κ2) is 22.9. The lowest BCUT2D eigenvalue weighted by atomic mass is 10.0. The van der Waals surface area contributed by atoms with Crippen LogP contribution in [0.1, 0.15) is 72.0 Å². The van der Waals surface area contributed by atoms with Crippen molar-refractivity contribution in [2.45, 2.75) is 60.1 Å². The van der Waals surface area contributed by atoms with E-state index < -0.39 is 30.0 Å². The second-order valence-corrected chi connectivity index (χ2v) is 15.7. The number of carbonyl (C=O) groups is 6. The van der Waals surface area contributed by atoms with E-state index >= 15 is 0 Å². The Morgan fingerprint density at radius 2 is 1.66 bits per heavy atom. The number of fused-ring (bicyclic) bond motifs is 1. The summed E-state index contributed by atoms with van der Waals surface area (Å²) in [5.74, 6) is -2.24. The smallest absolute Gasteiger partial charge is 0.347 e. The summed E-state index contributed by atoms with van der Waals surface area (Å²) < 4.78 is 21.5. The number of aromatic amines is 2. The monoisotopic (exact) mass is 916 g/mol. The van der Waals surface area contributed by atoms with Crippen LogP contribution in [0.5, 0.6) is 11.5 Å². The van der Waals surface area contributed by atoms with Gasteiger partial charge in [-0.2, -0.15) is 5.10 Å². The van der Waals surface area contributed by atoms with Crippen LogP contribution in [0.25, 0.3) is 22.8 Å². The van der Waals surface area contributed by atoms with Crippen molar-refractivity contribution in [2.75, 3.05) is 57.1 Å². The number of ether oxygens (including phenoxy) is 4. The minimum atomic E-state index is -1.31. The van der Waals surface area contributed by atoms with Gasteiger partial charge in [-0.3, -0.25) is 24.3 Å². The number of benzene rings is 3. The van der Waals surface area contributed by atoms with Crippen LogP contribution in [0.2, 0.25) is 0 Å². The van der Waals surface area contributed by atoms with Gasteiger partial charge in [0.15, 0.2) is 6.10 Å². The third-order valence-electron chi connectivity index (χ3n) is 11.1. The van der Waals surface area contributed by atoms with Crippen LogP contribution in [-0.4, -0.2) is 113 Å². The number of methoxy groups -OCH3 is 1. The summed E-state index contributed by atoms with van der Waals surface area (Å²) in [4.78, 5) is 85.1. The maximum Gasteiger partial charge on any atom is 0.347 e. The highest BCUT2D eigenvalue weighted by Gasteiger charge is 2.27. The van der Waals surface area contributed by atoms with Gasteiger partial charge >= 0.3 is 23.9 Å². The number of rotatable bonds is 21. The lowest BCUT2D eigenvalue weighted by Crippen LogP contribution is -2.38. The highest BCUT2D eigenvalue weighted by atomic mass is 16.6. The van der Waals surface area contributed by atoms with Crippen molar-refractivity contribution in [3.8, 4) is 22.6 Å². The van der Waals surface area contributed by atoms with Gasteiger partial charge < -0.3 is 49.7 Å². The number of likely N-dealkylation sites (N-methyl/N-ethyl adjacent to an activating group) is 1. The lowest BCUT2D eigenvalue weighted by Gasteiger charge is -2.24. The molecule has 67 heavy (non-hydrogen) atoms. The van der Waals surface area contributed by atoms with Crippen molar-refractivity contribution < 1.29 is 47.7 Å². The molecule has 6 rings (SSSR count). The van der Waals surface area contributed by atoms with Gasteiger partial charge in [-0.15, -0.1) is 0 Å². The van der Waals surface area contributed by atoms with E-state index in [0.29, 0.717) is 57.3 Å². The summed E-state index contributed by atoms with van der Waals surface area (Å²) in [6.07, 6.45) is 3.06. The van der Waals surface area contributed by atoms with Crippen molar-refractivity contribution in [1.82, 2.24) is 30.3 Å². The van der Waals surface area contributed by atoms with E-state index in [4.69, 9.17) is 18.9 Å². The summed E-state index contributed by atoms with van der Waals surface area (Å²) in [5.41, 5.74) is 6.87. The summed E-state index contributed by atoms with van der Waals surface area (Å²) in [6, 6.07) is 18.7. The first-order chi connectivity index (χ1) is 32.3. The average Bonchev–Trinajstić information content (AvgIpc) is 4.04. The number of aromatic nitrogens is 3. The summed E-state index contributed by atoms with van der Waals surface area (Å²) in [7, 11) is 1.55. The molecule has 0 fully saturated rings. The van der Waals surface area contributed by atoms with Crippen molar-refractivity contribution >= 4 is 58.8 Å². The average molecular weight is 917 g/mol. The van der Waals surface area contributed by atoms with Gasteiger partial charge in [0.2, 0.25) is 0 Å². The molecule has 1 unspecified atom stereocenters. The molecule has 2 aromatic heterocycles. The molecule has 0 spiro atoms. The fraction of sp³-hybridized carbons (Fsp3) is 0.327. The van der Waals surface area contributed by atoms with Crippen molar-refractivity contribution in [3.05, 3.63) is 113 Å². The normalized spacial score (nSPS) is 12.8. The van der Waals surface area contributed by atoms with Crippen molar-refractivity contribution in [1.29, 1.82) is 0 Å². The largest absolute Gasteiger partial charge is 0.497 e. The van der Waals surface area contributed by atoms with Gasteiger partial charge in [-0.1, -0.05) is 38.1 Å². The molecule has 4 amide bonds. The molecule has 0 aliphatic carbocycles. The molecule has 5 N–H and O–H groups in total. The van der Waals surface area contributed by atoms with E-state index in [2.05, 4.69) is 49.9 Å². The number of amides is 4. The Kier molecular flexibility index (Phi) is 16.7. The summed E-state index contributed by atoms with van der Waals surface area (Å²) in [5, 5.41) is 15.4. The van der Waals surface area contributed by atoms with E-state index in [1.807, 2.05) is 25.1 Å². The number of aryl methyl sites for hydroxylation is 1. The standard InChI is InChI=1S/C49H56N8O10/c1-7-56(8-2)21-20-50-47(61)45-30(3)42(53-31(45)4)26-40-39-25-38(16-17-41(39)55-46(40)60)67-44(59)19-18-43(58)66-32(5)48(62)65-23-22-57(29-33-10-9-11-37(24-33)64-6)49(63)54-36-14-12-34(13-15-36)35-27-51-52-28-35/h9-17,24-28,32,53H,7-8,18-23,29H2,1-6H3,(H,50,61)(H,51,52)(H,54,63)(H,55,60)/b40-26-. The number of H-pyrrole nitrogens is 2. The molecule has 1 atom stereocenters. The number of anilines is 2. The zero-order chi connectivity index (χ0) is 48.0. The molecule has 0 saturated heterocycles. The molecule has 1 aliphatic heterocycles. The summed E-state index contributed by atoms with van der Waals surface area (Å²) >= 11 is 0. The highest BCUT2D eigenvalue weighted by molar-refractivity contribution is 6.35. The second-order valence-electron chi connectivity index (χ2n) is 15.7. The van der Waals surface area contributed by atoms with Gasteiger partial charge in [0.05, 0.1) is 43.8 Å². The fourth-order valence-electron chi connectivity index (χ4n) is 7.40. The Labute approximate surface area is 388 Å². The van der Waals surface area contributed by atoms with Crippen LogP contribution < -0.4 is 25.4 Å². The van der Waals surface area contributed by atoms with Gasteiger partial charge in [0.25, 0.3) is 11.8 Å². The predicted molar refractivity (Wildman–Crippen MR) is 251 cm³/mol. The highest BCUT2D eigenvalue weighted by Crippen LogP contribution is 2.36. The molecule has 0 saturated carbocycles. The van der Waals surface area contributed by atoms with E-state index in [1.165, 1.54) is 17.9 Å². The Morgan fingerprint density at radius 3 is 2.37 bits per heavy atom. The Bertz CT molecular complexity index is 2600. The number of carbonyl (C=O) groups excluding carboxylic acids is 6. The number of urea groups is 1. The molecule has 18 nitrogen and oxygen atoms in total. The topological polar surface area (TPSA) is 226 Å². The molecule has 0 bridgehead atoms. The zero-order valence-electron chi connectivity index (χ0n) is 38.4. The molecule has 352 valence electrons. The van der Waals surface area contributed by atoms with E-state index in [9.17, 15) is 28.8 Å². The minimum absolute atomic E-state index is 0.00114. The predicted octanol–water partition coefficient (Wildman–Crippen LogP) is 6.49. The van der Waals surface area contributed by atoms with Crippen LogP contribution in [0, 0.1) is 13.8 Å². The number of esters is 3. The SMILES string of the molecule is CCN(CC)CCNC(=O)c1c(C)[nH]c(/C=C2\C(=O)Nc3ccc(OC(=O)CCC(=O)OC(C)C(=O)OCCN(Cc4cccc(OC)c4)C(=O)Nc4ccc(-c5cn[nH]c5)cc4)cc32)c1C. The first-order valence-corrected chi connectivity index (χ1v) is 22.0. The van der Waals surface area contributed by atoms with E-state index in [0.717, 1.165) is 36.3 Å². The van der Waals surface area contributed by atoms with Crippen LogP contribution in [-0.2, 0) is 35.2 Å². The van der Waals surface area contributed by atoms with Crippen LogP contribution in [0.3, 0.4) is 0 Å². The molecule has 5 aromatic rings. The first kappa shape index (κ1) is 48.7. The molecule has 18 heteroatoms. The third kappa shape index (κ3) is 13.0. The molecule has 1 aliphatic rings. The van der Waals surface area contributed by atoms with Gasteiger partial charge in [-0.05, 0) is 99.1 Å². The third-order valence-corrected chi connectivity index (χ3v) is 11.1. The molecular formula is C49H56N8O10. The van der Waals surface area contributed by atoms with Crippen LogP contribution >= 0.6 is 0 Å². The number of nitrogens with zero attached hydrogens (tertiary/aromatic N) is 3. The van der Waals surface area contributed by atoms with E-state index in [-0.39, 0.29) is 50.1 Å². The quantitative estimate of drug-likeness (QED) is 0.0303. The maximum atomic E-state index is 13.5. The van der Waals surface area contributed by atoms with Gasteiger partial charge in [-0.25, -0.2) is 9.59 Å². The zero-order valence-corrected chi connectivity index (χ0v) is 38.4. The fourth-order valence-corrected chi connectivity index (χ4v) is 7.40. The Morgan fingerprint density at radius 1 is 0.896 bits per heavy atom. The van der Waals surface area contributed by atoms with Crippen molar-refractivity contribution in [2.24, 2.45) is 0 Å². The van der Waals surface area contributed by atoms with Gasteiger partial charge in [0, 0.05) is 59.7 Å². The van der Waals surface area contributed by atoms with Crippen LogP contribution in [0.4, 0.5) is 16.2 Å². The molecule has 3 aromatic carbocycles. The van der Waals surface area contributed by atoms with Crippen molar-refractivity contribution in [3.63, 3.8) is 0 Å². The molecule has 0 radical (unpaired) electrons. The van der Waals surface area contributed by atoms with E-state index in [1.54, 1.807) is 75.0 Å². The Balaban J connectivity index is 0.986. The lowest BCUT2D eigenvalue weighted by molar-refractivity contribution is -0.167. The van der Waals surface area contributed by atoms with Gasteiger partial charge in [0.1, 0.15) is 18.1 Å². The Hall–Kier alpha value is -7.73. The number of hydrogen-bond acceptors (Lipinski definition) is 12.